The molecule has 21 heavy (non-hydrogen) atoms. The first-order valence-electron chi connectivity index (χ1n) is 7.43. The number of hydrogen-bond acceptors (Lipinski definition) is 3. The average Bonchev–Trinajstić information content (AvgIpc) is 2.97. The Bertz CT molecular complexity index is 408. The molecule has 1 aliphatic rings. The maximum absolute atomic E-state index is 12.4. The third-order valence-electron chi connectivity index (χ3n) is 3.63. The number of carbonyl (C=O) groups is 1. The summed E-state index contributed by atoms with van der Waals surface area (Å²) in [4.78, 5) is 14.3. The number of nitrogens with zero attached hydrogens (tertiary/aromatic N) is 1. The SMILES string of the molecule is Cl.NCCCN(Cc1ccccc1)C(=O)CC1CCCO1. The van der Waals surface area contributed by atoms with Crippen molar-refractivity contribution in [3.8, 4) is 0 Å². The van der Waals surface area contributed by atoms with E-state index in [1.807, 2.05) is 23.1 Å². The number of ether oxygens (including phenoxy) is 1. The lowest BCUT2D eigenvalue weighted by molar-refractivity contribution is -0.134. The maximum atomic E-state index is 12.4. The highest BCUT2D eigenvalue weighted by Gasteiger charge is 2.22. The molecule has 0 spiro atoms. The van der Waals surface area contributed by atoms with Gasteiger partial charge in [0.05, 0.1) is 12.5 Å². The third-order valence-corrected chi connectivity index (χ3v) is 3.63. The van der Waals surface area contributed by atoms with Crippen molar-refractivity contribution in [3.63, 3.8) is 0 Å². The van der Waals surface area contributed by atoms with Crippen molar-refractivity contribution in [1.29, 1.82) is 0 Å². The van der Waals surface area contributed by atoms with Crippen LogP contribution in [-0.4, -0.2) is 36.6 Å². The Hall–Kier alpha value is -1.10. The topological polar surface area (TPSA) is 55.6 Å². The molecule has 4 nitrogen and oxygen atoms in total. The summed E-state index contributed by atoms with van der Waals surface area (Å²) >= 11 is 0. The highest BCUT2D eigenvalue weighted by atomic mass is 35.5. The van der Waals surface area contributed by atoms with Crippen molar-refractivity contribution in [3.05, 3.63) is 35.9 Å². The highest BCUT2D eigenvalue weighted by molar-refractivity contribution is 5.85. The molecule has 0 bridgehead atoms. The van der Waals surface area contributed by atoms with E-state index in [1.54, 1.807) is 0 Å². The average molecular weight is 313 g/mol. The van der Waals surface area contributed by atoms with Crippen molar-refractivity contribution in [2.45, 2.75) is 38.3 Å². The molecule has 5 heteroatoms. The van der Waals surface area contributed by atoms with Crippen LogP contribution in [0, 0.1) is 0 Å². The Labute approximate surface area is 133 Å². The van der Waals surface area contributed by atoms with Gasteiger partial charge >= 0.3 is 0 Å². The first-order chi connectivity index (χ1) is 9.79. The van der Waals surface area contributed by atoms with Crippen LogP contribution in [-0.2, 0) is 16.1 Å². The Kier molecular flexibility index (Phi) is 8.35. The van der Waals surface area contributed by atoms with Crippen molar-refractivity contribution < 1.29 is 9.53 Å². The van der Waals surface area contributed by atoms with Crippen LogP contribution in [0.4, 0.5) is 0 Å². The first kappa shape index (κ1) is 18.0. The van der Waals surface area contributed by atoms with E-state index in [-0.39, 0.29) is 24.4 Å². The Morgan fingerprint density at radius 1 is 1.33 bits per heavy atom. The van der Waals surface area contributed by atoms with E-state index < -0.39 is 0 Å². The summed E-state index contributed by atoms with van der Waals surface area (Å²) in [7, 11) is 0. The van der Waals surface area contributed by atoms with E-state index in [4.69, 9.17) is 10.5 Å². The van der Waals surface area contributed by atoms with Crippen LogP contribution in [0.1, 0.15) is 31.2 Å². The van der Waals surface area contributed by atoms with Gasteiger partial charge in [-0.3, -0.25) is 4.79 Å². The van der Waals surface area contributed by atoms with Gasteiger partial charge in [0.25, 0.3) is 0 Å². The smallest absolute Gasteiger partial charge is 0.225 e. The molecular formula is C16H25ClN2O2. The number of rotatable bonds is 7. The standard InChI is InChI=1S/C16H24N2O2.ClH/c17-9-5-10-18(13-14-6-2-1-3-7-14)16(19)12-15-8-4-11-20-15;/h1-3,6-7,15H,4-5,8-13,17H2;1H. The Morgan fingerprint density at radius 3 is 2.71 bits per heavy atom. The predicted octanol–water partition coefficient (Wildman–Crippen LogP) is 2.35. The molecule has 1 aliphatic heterocycles. The molecule has 1 fully saturated rings. The second-order valence-corrected chi connectivity index (χ2v) is 5.28. The molecule has 1 amide bonds. The lowest BCUT2D eigenvalue weighted by atomic mass is 10.1. The first-order valence-corrected chi connectivity index (χ1v) is 7.43. The van der Waals surface area contributed by atoms with Gasteiger partial charge in [0.2, 0.25) is 5.91 Å². The normalized spacial score (nSPS) is 17.3. The maximum Gasteiger partial charge on any atom is 0.225 e. The summed E-state index contributed by atoms with van der Waals surface area (Å²) in [5.41, 5.74) is 6.73. The quantitative estimate of drug-likeness (QED) is 0.841. The van der Waals surface area contributed by atoms with Gasteiger partial charge in [0, 0.05) is 19.7 Å². The van der Waals surface area contributed by atoms with Gasteiger partial charge in [-0.15, -0.1) is 12.4 Å². The largest absolute Gasteiger partial charge is 0.378 e. The second kappa shape index (κ2) is 9.77. The Balaban J connectivity index is 0.00000220. The van der Waals surface area contributed by atoms with Crippen LogP contribution >= 0.6 is 12.4 Å². The summed E-state index contributed by atoms with van der Waals surface area (Å²) in [5.74, 6) is 0.175. The fraction of sp³-hybridized carbons (Fsp3) is 0.562. The van der Waals surface area contributed by atoms with E-state index in [0.717, 1.165) is 38.0 Å². The lowest BCUT2D eigenvalue weighted by Crippen LogP contribution is -2.34. The van der Waals surface area contributed by atoms with Crippen molar-refractivity contribution >= 4 is 18.3 Å². The van der Waals surface area contributed by atoms with Crippen molar-refractivity contribution in [2.24, 2.45) is 5.73 Å². The lowest BCUT2D eigenvalue weighted by Gasteiger charge is -2.24. The van der Waals surface area contributed by atoms with E-state index in [0.29, 0.717) is 19.5 Å². The van der Waals surface area contributed by atoms with Gasteiger partial charge in [-0.1, -0.05) is 30.3 Å². The van der Waals surface area contributed by atoms with Gasteiger partial charge in [-0.25, -0.2) is 0 Å². The second-order valence-electron chi connectivity index (χ2n) is 5.28. The molecular weight excluding hydrogens is 288 g/mol. The molecule has 0 saturated carbocycles. The highest BCUT2D eigenvalue weighted by Crippen LogP contribution is 2.17. The third kappa shape index (κ3) is 6.04. The summed E-state index contributed by atoms with van der Waals surface area (Å²) < 4.78 is 5.56. The minimum absolute atomic E-state index is 0. The molecule has 1 heterocycles. The Morgan fingerprint density at radius 2 is 2.10 bits per heavy atom. The van der Waals surface area contributed by atoms with Gasteiger partial charge in [0.1, 0.15) is 0 Å². The summed E-state index contributed by atoms with van der Waals surface area (Å²) in [6.07, 6.45) is 3.52. The number of amides is 1. The van der Waals surface area contributed by atoms with Gasteiger partial charge in [-0.2, -0.15) is 0 Å². The summed E-state index contributed by atoms with van der Waals surface area (Å²) in [6, 6.07) is 10.1. The van der Waals surface area contributed by atoms with E-state index in [9.17, 15) is 4.79 Å². The zero-order valence-electron chi connectivity index (χ0n) is 12.4. The van der Waals surface area contributed by atoms with Crippen molar-refractivity contribution in [1.82, 2.24) is 4.90 Å². The summed E-state index contributed by atoms with van der Waals surface area (Å²) in [6.45, 7) is 2.78. The molecule has 0 aromatic heterocycles. The van der Waals surface area contributed by atoms with E-state index in [2.05, 4.69) is 12.1 Å². The van der Waals surface area contributed by atoms with Gasteiger partial charge in [0.15, 0.2) is 0 Å². The molecule has 1 aromatic carbocycles. The predicted molar refractivity (Wildman–Crippen MR) is 86.4 cm³/mol. The van der Waals surface area contributed by atoms with Crippen LogP contribution in [0.2, 0.25) is 0 Å². The van der Waals surface area contributed by atoms with Crippen LogP contribution in [0.15, 0.2) is 30.3 Å². The number of carbonyl (C=O) groups excluding carboxylic acids is 1. The zero-order valence-corrected chi connectivity index (χ0v) is 13.2. The molecule has 1 aromatic rings. The van der Waals surface area contributed by atoms with Crippen molar-refractivity contribution in [2.75, 3.05) is 19.7 Å². The molecule has 0 aliphatic carbocycles. The number of halogens is 1. The van der Waals surface area contributed by atoms with Gasteiger partial charge in [-0.05, 0) is 31.4 Å². The zero-order chi connectivity index (χ0) is 14.2. The van der Waals surface area contributed by atoms with Gasteiger partial charge < -0.3 is 15.4 Å². The molecule has 1 atom stereocenters. The van der Waals surface area contributed by atoms with E-state index >= 15 is 0 Å². The number of benzene rings is 1. The molecule has 1 saturated heterocycles. The van der Waals surface area contributed by atoms with Crippen LogP contribution in [0.25, 0.3) is 0 Å². The molecule has 2 N–H and O–H groups in total. The van der Waals surface area contributed by atoms with Crippen LogP contribution in [0.3, 0.4) is 0 Å². The van der Waals surface area contributed by atoms with E-state index in [1.165, 1.54) is 0 Å². The summed E-state index contributed by atoms with van der Waals surface area (Å²) in [5, 5.41) is 0. The molecule has 118 valence electrons. The minimum Gasteiger partial charge on any atom is -0.378 e. The number of nitrogens with two attached hydrogens (primary N) is 1. The monoisotopic (exact) mass is 312 g/mol. The molecule has 2 rings (SSSR count). The fourth-order valence-electron chi connectivity index (χ4n) is 2.51. The van der Waals surface area contributed by atoms with Crippen LogP contribution < -0.4 is 5.73 Å². The minimum atomic E-state index is 0. The molecule has 1 unspecified atom stereocenters. The number of hydrogen-bond donors (Lipinski definition) is 1. The fourth-order valence-corrected chi connectivity index (χ4v) is 2.51. The molecule has 0 radical (unpaired) electrons. The van der Waals surface area contributed by atoms with Crippen LogP contribution in [0.5, 0.6) is 0 Å².